The third-order valence-corrected chi connectivity index (χ3v) is 2.78. The summed E-state index contributed by atoms with van der Waals surface area (Å²) in [5.41, 5.74) is 5.77. The van der Waals surface area contributed by atoms with Gasteiger partial charge in [0.2, 0.25) is 0 Å². The van der Waals surface area contributed by atoms with E-state index in [-0.39, 0.29) is 30.4 Å². The van der Waals surface area contributed by atoms with Crippen molar-refractivity contribution in [3.05, 3.63) is 0 Å². The van der Waals surface area contributed by atoms with Crippen LogP contribution >= 0.6 is 12.4 Å². The molecular formula is C11H20ClNO4. The highest BCUT2D eigenvalue weighted by molar-refractivity contribution is 5.85. The summed E-state index contributed by atoms with van der Waals surface area (Å²) in [5, 5.41) is 0. The molecule has 5 nitrogen and oxygen atoms in total. The zero-order valence-corrected chi connectivity index (χ0v) is 11.0. The molecule has 0 aromatic heterocycles. The fourth-order valence-corrected chi connectivity index (χ4v) is 2.10. The van der Waals surface area contributed by atoms with E-state index in [0.29, 0.717) is 26.1 Å². The Bertz CT molecular complexity index is 246. The highest BCUT2D eigenvalue weighted by Gasteiger charge is 2.43. The van der Waals surface area contributed by atoms with Gasteiger partial charge in [0.1, 0.15) is 0 Å². The van der Waals surface area contributed by atoms with Crippen molar-refractivity contribution < 1.29 is 19.1 Å². The Morgan fingerprint density at radius 2 is 1.41 bits per heavy atom. The third kappa shape index (κ3) is 4.16. The van der Waals surface area contributed by atoms with Gasteiger partial charge in [0.05, 0.1) is 25.0 Å². The van der Waals surface area contributed by atoms with E-state index in [1.807, 2.05) is 0 Å². The summed E-state index contributed by atoms with van der Waals surface area (Å²) in [6.45, 7) is 4.12. The van der Waals surface area contributed by atoms with E-state index < -0.39 is 11.8 Å². The van der Waals surface area contributed by atoms with Crippen molar-refractivity contribution in [2.75, 3.05) is 13.2 Å². The van der Waals surface area contributed by atoms with Gasteiger partial charge in [-0.1, -0.05) is 0 Å². The van der Waals surface area contributed by atoms with Crippen LogP contribution in [-0.2, 0) is 19.1 Å². The summed E-state index contributed by atoms with van der Waals surface area (Å²) in [6.07, 6.45) is 1.00. The van der Waals surface area contributed by atoms with Crippen molar-refractivity contribution in [2.24, 2.45) is 17.6 Å². The van der Waals surface area contributed by atoms with E-state index in [1.54, 1.807) is 13.8 Å². The van der Waals surface area contributed by atoms with Gasteiger partial charge in [-0.15, -0.1) is 12.4 Å². The maximum Gasteiger partial charge on any atom is 0.309 e. The first-order valence-electron chi connectivity index (χ1n) is 5.69. The fraction of sp³-hybridized carbons (Fsp3) is 0.818. The average Bonchev–Trinajstić information content (AvgIpc) is 2.61. The third-order valence-electron chi connectivity index (χ3n) is 2.78. The minimum atomic E-state index is -0.436. The number of hydrogen-bond donors (Lipinski definition) is 1. The van der Waals surface area contributed by atoms with E-state index in [1.165, 1.54) is 0 Å². The van der Waals surface area contributed by atoms with Crippen molar-refractivity contribution >= 4 is 24.3 Å². The van der Waals surface area contributed by atoms with Gasteiger partial charge >= 0.3 is 11.9 Å². The molecule has 1 rings (SSSR count). The first kappa shape index (κ1) is 16.2. The van der Waals surface area contributed by atoms with Crippen LogP contribution in [0.25, 0.3) is 0 Å². The molecule has 0 aromatic carbocycles. The summed E-state index contributed by atoms with van der Waals surface area (Å²) in [6, 6.07) is -0.121. The second-order valence-corrected chi connectivity index (χ2v) is 3.95. The molecule has 0 saturated heterocycles. The summed E-state index contributed by atoms with van der Waals surface area (Å²) in [5.74, 6) is -1.55. The number of ether oxygens (including phenoxy) is 2. The molecule has 17 heavy (non-hydrogen) atoms. The number of nitrogens with two attached hydrogens (primary N) is 1. The first-order valence-corrected chi connectivity index (χ1v) is 5.69. The molecule has 1 aliphatic carbocycles. The minimum Gasteiger partial charge on any atom is -0.466 e. The van der Waals surface area contributed by atoms with E-state index in [9.17, 15) is 9.59 Å². The quantitative estimate of drug-likeness (QED) is 0.764. The van der Waals surface area contributed by atoms with Crippen LogP contribution in [0.3, 0.4) is 0 Å². The summed E-state index contributed by atoms with van der Waals surface area (Å²) >= 11 is 0. The lowest BCUT2D eigenvalue weighted by Crippen LogP contribution is -2.28. The van der Waals surface area contributed by atoms with Crippen LogP contribution in [0.4, 0.5) is 0 Å². The lowest BCUT2D eigenvalue weighted by molar-refractivity contribution is -0.158. The Labute approximate surface area is 107 Å². The average molecular weight is 266 g/mol. The number of carbonyl (C=O) groups is 2. The number of hydrogen-bond acceptors (Lipinski definition) is 5. The predicted molar refractivity (Wildman–Crippen MR) is 64.7 cm³/mol. The molecule has 0 bridgehead atoms. The van der Waals surface area contributed by atoms with E-state index in [4.69, 9.17) is 15.2 Å². The van der Waals surface area contributed by atoms with Crippen molar-refractivity contribution in [3.63, 3.8) is 0 Å². The normalized spacial score (nSPS) is 23.9. The van der Waals surface area contributed by atoms with Crippen molar-refractivity contribution in [1.82, 2.24) is 0 Å². The molecule has 1 fully saturated rings. The van der Waals surface area contributed by atoms with Crippen LogP contribution in [0.5, 0.6) is 0 Å². The smallest absolute Gasteiger partial charge is 0.309 e. The molecule has 0 unspecified atom stereocenters. The van der Waals surface area contributed by atoms with E-state index in [0.717, 1.165) is 0 Å². The standard InChI is InChI=1S/C11H19NO4.ClH/c1-3-15-10(13)8-5-7(12)6-9(8)11(14)16-4-2;/h7-9H,3-6,12H2,1-2H3;1H/t8-,9-;/m1./s1. The number of halogens is 1. The largest absolute Gasteiger partial charge is 0.466 e. The zero-order valence-electron chi connectivity index (χ0n) is 10.2. The Balaban J connectivity index is 0.00000256. The fourth-order valence-electron chi connectivity index (χ4n) is 2.10. The zero-order chi connectivity index (χ0) is 12.1. The van der Waals surface area contributed by atoms with Gasteiger partial charge in [-0.05, 0) is 26.7 Å². The molecule has 0 amide bonds. The number of rotatable bonds is 4. The highest BCUT2D eigenvalue weighted by atomic mass is 35.5. The van der Waals surface area contributed by atoms with Crippen LogP contribution in [0, 0.1) is 11.8 Å². The molecule has 0 radical (unpaired) electrons. The Kier molecular flexibility index (Phi) is 7.15. The van der Waals surface area contributed by atoms with Crippen LogP contribution in [0.1, 0.15) is 26.7 Å². The van der Waals surface area contributed by atoms with Crippen LogP contribution in [0.2, 0.25) is 0 Å². The van der Waals surface area contributed by atoms with Crippen LogP contribution in [0.15, 0.2) is 0 Å². The summed E-state index contributed by atoms with van der Waals surface area (Å²) in [7, 11) is 0. The van der Waals surface area contributed by atoms with Gasteiger partial charge in [0, 0.05) is 6.04 Å². The maximum atomic E-state index is 11.6. The first-order chi connectivity index (χ1) is 7.60. The van der Waals surface area contributed by atoms with Gasteiger partial charge in [-0.3, -0.25) is 9.59 Å². The van der Waals surface area contributed by atoms with Gasteiger partial charge in [0.15, 0.2) is 0 Å². The second kappa shape index (κ2) is 7.50. The second-order valence-electron chi connectivity index (χ2n) is 3.95. The Hall–Kier alpha value is -0.810. The molecule has 1 aliphatic rings. The molecule has 0 spiro atoms. The topological polar surface area (TPSA) is 78.6 Å². The molecule has 0 heterocycles. The monoisotopic (exact) mass is 265 g/mol. The molecule has 0 aromatic rings. The van der Waals surface area contributed by atoms with Gasteiger partial charge in [-0.2, -0.15) is 0 Å². The molecule has 2 N–H and O–H groups in total. The molecule has 0 aliphatic heterocycles. The van der Waals surface area contributed by atoms with Gasteiger partial charge in [-0.25, -0.2) is 0 Å². The minimum absolute atomic E-state index is 0. The Morgan fingerprint density at radius 3 is 1.71 bits per heavy atom. The molecule has 100 valence electrons. The lowest BCUT2D eigenvalue weighted by Gasteiger charge is -2.16. The van der Waals surface area contributed by atoms with Crippen molar-refractivity contribution in [2.45, 2.75) is 32.7 Å². The lowest BCUT2D eigenvalue weighted by atomic mass is 9.96. The van der Waals surface area contributed by atoms with Crippen molar-refractivity contribution in [1.29, 1.82) is 0 Å². The number of carbonyl (C=O) groups excluding carboxylic acids is 2. The molecule has 6 heteroatoms. The van der Waals surface area contributed by atoms with Crippen molar-refractivity contribution in [3.8, 4) is 0 Å². The maximum absolute atomic E-state index is 11.6. The summed E-state index contributed by atoms with van der Waals surface area (Å²) in [4.78, 5) is 23.2. The molecule has 1 saturated carbocycles. The number of esters is 2. The van der Waals surface area contributed by atoms with Gasteiger partial charge < -0.3 is 15.2 Å². The summed E-state index contributed by atoms with van der Waals surface area (Å²) < 4.78 is 9.86. The van der Waals surface area contributed by atoms with Gasteiger partial charge in [0.25, 0.3) is 0 Å². The van der Waals surface area contributed by atoms with Crippen LogP contribution in [-0.4, -0.2) is 31.2 Å². The van der Waals surface area contributed by atoms with Crippen LogP contribution < -0.4 is 5.73 Å². The van der Waals surface area contributed by atoms with E-state index in [2.05, 4.69) is 0 Å². The Morgan fingerprint density at radius 1 is 1.06 bits per heavy atom. The molecule has 2 atom stereocenters. The highest BCUT2D eigenvalue weighted by Crippen LogP contribution is 2.33. The van der Waals surface area contributed by atoms with E-state index >= 15 is 0 Å². The SMILES string of the molecule is CCOC(=O)[C@@H]1CC(N)C[C@H]1C(=O)OCC.Cl. The molecular weight excluding hydrogens is 246 g/mol. The predicted octanol–water partition coefficient (Wildman–Crippen LogP) is 0.888.